The van der Waals surface area contributed by atoms with Gasteiger partial charge in [0, 0.05) is 50.9 Å². The number of nitrogens with one attached hydrogen (secondary N) is 2. The zero-order valence-electron chi connectivity index (χ0n) is 23.1. The molecule has 0 spiro atoms. The van der Waals surface area contributed by atoms with Crippen LogP contribution in [-0.2, 0) is 21.0 Å². The van der Waals surface area contributed by atoms with E-state index >= 15 is 0 Å². The number of anilines is 2. The van der Waals surface area contributed by atoms with E-state index in [1.54, 1.807) is 31.2 Å². The number of ether oxygens (including phenoxy) is 1. The lowest BCUT2D eigenvalue weighted by Gasteiger charge is -2.34. The van der Waals surface area contributed by atoms with Crippen molar-refractivity contribution in [1.29, 1.82) is 0 Å². The summed E-state index contributed by atoms with van der Waals surface area (Å²) in [6.45, 7) is 4.83. The minimum Gasteiger partial charge on any atom is -0.448 e. The van der Waals surface area contributed by atoms with E-state index in [2.05, 4.69) is 20.6 Å². The number of fused-ring (bicyclic) bond motifs is 1. The first-order valence-corrected chi connectivity index (χ1v) is 15.0. The first-order chi connectivity index (χ1) is 20.1. The van der Waals surface area contributed by atoms with Gasteiger partial charge in [0.25, 0.3) is 11.6 Å². The number of nitro benzene ring substituents is 1. The Labute approximate surface area is 242 Å². The second kappa shape index (κ2) is 11.9. The molecule has 3 heterocycles. The molecule has 1 amide bonds. The highest BCUT2D eigenvalue weighted by Crippen LogP contribution is 2.37. The smallest absolute Gasteiger partial charge is 0.434 e. The number of carbonyl (C=O) groups is 2. The molecule has 1 atom stereocenters. The van der Waals surface area contributed by atoms with Crippen molar-refractivity contribution in [2.24, 2.45) is 0 Å². The number of nitrogens with zero attached hydrogens (tertiary/aromatic N) is 5. The molecule has 1 aromatic heterocycles. The first-order valence-electron chi connectivity index (χ1n) is 13.5. The summed E-state index contributed by atoms with van der Waals surface area (Å²) < 4.78 is 33.4. The van der Waals surface area contributed by atoms with Gasteiger partial charge in [-0.3, -0.25) is 20.2 Å². The number of rotatable bonds is 7. The lowest BCUT2D eigenvalue weighted by atomic mass is 10.1. The fourth-order valence-corrected chi connectivity index (χ4v) is 6.85. The van der Waals surface area contributed by atoms with Gasteiger partial charge in [-0.2, -0.15) is 4.68 Å². The molecule has 2 aliphatic rings. The highest BCUT2D eigenvalue weighted by Gasteiger charge is 2.40. The van der Waals surface area contributed by atoms with Crippen LogP contribution in [0.3, 0.4) is 0 Å². The fraction of sp³-hybridized carbons (Fsp3) is 0.370. The Hall–Kier alpha value is -4.34. The zero-order chi connectivity index (χ0) is 30.0. The molecule has 14 nitrogen and oxygen atoms in total. The third-order valence-electron chi connectivity index (χ3n) is 7.32. The first kappa shape index (κ1) is 29.2. The molecule has 0 aliphatic carbocycles. The summed E-state index contributed by atoms with van der Waals surface area (Å²) in [6, 6.07) is 12.1. The van der Waals surface area contributed by atoms with Gasteiger partial charge in [-0.05, 0) is 38.2 Å². The Balaban J connectivity index is 1.54. The van der Waals surface area contributed by atoms with Crippen LogP contribution in [0.4, 0.5) is 22.0 Å². The largest absolute Gasteiger partial charge is 0.448 e. The van der Waals surface area contributed by atoms with Gasteiger partial charge in [-0.1, -0.05) is 18.2 Å². The third kappa shape index (κ3) is 5.57. The molecule has 2 aromatic carbocycles. The van der Waals surface area contributed by atoms with Crippen molar-refractivity contribution in [3.8, 4) is 0 Å². The fourth-order valence-electron chi connectivity index (χ4n) is 5.14. The predicted octanol–water partition coefficient (Wildman–Crippen LogP) is 2.42. The average molecular weight is 598 g/mol. The van der Waals surface area contributed by atoms with E-state index in [1.165, 1.54) is 24.3 Å². The van der Waals surface area contributed by atoms with E-state index in [9.17, 15) is 28.1 Å². The van der Waals surface area contributed by atoms with Crippen LogP contribution in [0.2, 0.25) is 0 Å². The van der Waals surface area contributed by atoms with Crippen LogP contribution < -0.4 is 15.5 Å². The Kier molecular flexibility index (Phi) is 8.24. The summed E-state index contributed by atoms with van der Waals surface area (Å²) in [6.07, 6.45) is -0.618. The Morgan fingerprint density at radius 1 is 1.14 bits per heavy atom. The molecule has 2 aliphatic heterocycles. The summed E-state index contributed by atoms with van der Waals surface area (Å²) >= 11 is 0. The maximum Gasteiger partial charge on any atom is 0.434 e. The maximum atomic E-state index is 13.7. The Morgan fingerprint density at radius 3 is 2.52 bits per heavy atom. The normalized spacial score (nSPS) is 17.4. The summed E-state index contributed by atoms with van der Waals surface area (Å²) in [4.78, 5) is 41.9. The molecule has 15 heteroatoms. The standard InChI is InChI=1S/C27H31N7O7S/c1-3-41-27(36)33-21-11-12-28-26(42(39,40)19-7-5-4-6-8-19)23(21)24(30-33)29-25(35)20-10-9-18(17-22(20)34(37)38)32-15-13-31(2)14-16-32/h4-10,17,26,28H,3,11-16H2,1-2H3,(H,29,30,35). The van der Waals surface area contributed by atoms with Crippen LogP contribution in [-0.4, -0.2) is 86.4 Å². The van der Waals surface area contributed by atoms with E-state index in [0.29, 0.717) is 18.8 Å². The number of benzene rings is 2. The maximum absolute atomic E-state index is 13.7. The number of aromatic nitrogens is 2. The van der Waals surface area contributed by atoms with Crippen molar-refractivity contribution >= 4 is 39.0 Å². The van der Waals surface area contributed by atoms with E-state index in [4.69, 9.17) is 4.74 Å². The Morgan fingerprint density at radius 2 is 1.86 bits per heavy atom. The van der Waals surface area contributed by atoms with Crippen LogP contribution in [0, 0.1) is 10.1 Å². The van der Waals surface area contributed by atoms with Crippen molar-refractivity contribution < 1.29 is 27.7 Å². The lowest BCUT2D eigenvalue weighted by molar-refractivity contribution is -0.385. The molecule has 222 valence electrons. The summed E-state index contributed by atoms with van der Waals surface area (Å²) in [5.74, 6) is -1.08. The molecule has 5 rings (SSSR count). The van der Waals surface area contributed by atoms with E-state index in [1.807, 2.05) is 11.9 Å². The second-order valence-electron chi connectivity index (χ2n) is 9.96. The molecular weight excluding hydrogens is 566 g/mol. The molecule has 3 aromatic rings. The lowest BCUT2D eigenvalue weighted by Crippen LogP contribution is -2.44. The van der Waals surface area contributed by atoms with Crippen molar-refractivity contribution in [3.05, 3.63) is 75.5 Å². The van der Waals surface area contributed by atoms with E-state index < -0.39 is 37.8 Å². The van der Waals surface area contributed by atoms with Gasteiger partial charge in [-0.25, -0.2) is 13.2 Å². The predicted molar refractivity (Wildman–Crippen MR) is 153 cm³/mol. The number of piperazine rings is 1. The minimum atomic E-state index is -4.05. The van der Waals surface area contributed by atoms with Gasteiger partial charge in [0.1, 0.15) is 10.9 Å². The van der Waals surface area contributed by atoms with Crippen molar-refractivity contribution in [2.75, 3.05) is 56.6 Å². The second-order valence-corrected chi connectivity index (χ2v) is 12.0. The third-order valence-corrected chi connectivity index (χ3v) is 9.27. The van der Waals surface area contributed by atoms with Gasteiger partial charge in [-0.15, -0.1) is 5.10 Å². The highest BCUT2D eigenvalue weighted by molar-refractivity contribution is 7.91. The van der Waals surface area contributed by atoms with E-state index in [0.717, 1.165) is 17.8 Å². The SMILES string of the molecule is CCOC(=O)n1nc(NC(=O)c2ccc(N3CCN(C)CC3)cc2[N+](=O)[O-])c2c1CCNC2S(=O)(=O)c1ccccc1. The summed E-state index contributed by atoms with van der Waals surface area (Å²) in [7, 11) is -2.05. The molecule has 0 bridgehead atoms. The van der Waals surface area contributed by atoms with Crippen LogP contribution in [0.25, 0.3) is 0 Å². The minimum absolute atomic E-state index is 0.0339. The highest BCUT2D eigenvalue weighted by atomic mass is 32.2. The number of sulfone groups is 1. The summed E-state index contributed by atoms with van der Waals surface area (Å²) in [5.41, 5.74) is 0.307. The number of likely N-dealkylation sites (N-methyl/N-ethyl adjacent to an activating group) is 1. The molecule has 1 saturated heterocycles. The van der Waals surface area contributed by atoms with Crippen molar-refractivity contribution in [3.63, 3.8) is 0 Å². The van der Waals surface area contributed by atoms with Crippen LogP contribution >= 0.6 is 0 Å². The number of hydrogen-bond donors (Lipinski definition) is 2. The topological polar surface area (TPSA) is 169 Å². The van der Waals surface area contributed by atoms with Gasteiger partial charge in [0.15, 0.2) is 15.7 Å². The molecule has 1 fully saturated rings. The van der Waals surface area contributed by atoms with Gasteiger partial charge < -0.3 is 19.9 Å². The van der Waals surface area contributed by atoms with Gasteiger partial charge >= 0.3 is 6.09 Å². The van der Waals surface area contributed by atoms with Crippen LogP contribution in [0.15, 0.2) is 53.4 Å². The number of nitro groups is 1. The zero-order valence-corrected chi connectivity index (χ0v) is 24.0. The van der Waals surface area contributed by atoms with Crippen molar-refractivity contribution in [2.45, 2.75) is 23.6 Å². The van der Waals surface area contributed by atoms with Crippen LogP contribution in [0.5, 0.6) is 0 Å². The Bertz CT molecular complexity index is 1620. The number of amides is 1. The molecule has 42 heavy (non-hydrogen) atoms. The quantitative estimate of drug-likeness (QED) is 0.303. The average Bonchev–Trinajstić information content (AvgIpc) is 3.36. The summed E-state index contributed by atoms with van der Waals surface area (Å²) in [5, 5.41) is 20.4. The van der Waals surface area contributed by atoms with Gasteiger partial charge in [0.05, 0.1) is 27.7 Å². The molecule has 2 N–H and O–H groups in total. The molecule has 0 saturated carbocycles. The van der Waals surface area contributed by atoms with Gasteiger partial charge in [0.2, 0.25) is 0 Å². The molecule has 0 radical (unpaired) electrons. The molecular formula is C27H31N7O7S. The number of carbonyl (C=O) groups excluding carboxylic acids is 2. The van der Waals surface area contributed by atoms with Crippen molar-refractivity contribution in [1.82, 2.24) is 20.0 Å². The van der Waals surface area contributed by atoms with Crippen LogP contribution in [0.1, 0.15) is 33.9 Å². The monoisotopic (exact) mass is 597 g/mol. The molecule has 1 unspecified atom stereocenters. The van der Waals surface area contributed by atoms with E-state index in [-0.39, 0.29) is 47.1 Å². The number of hydrogen-bond acceptors (Lipinski definition) is 11.